The third kappa shape index (κ3) is 3.04. The van der Waals surface area contributed by atoms with E-state index in [4.69, 9.17) is 16.9 Å². The zero-order chi connectivity index (χ0) is 15.4. The van der Waals surface area contributed by atoms with E-state index in [2.05, 4.69) is 25.9 Å². The first-order chi connectivity index (χ1) is 10.0. The number of aromatic nitrogens is 4. The second-order valence-corrected chi connectivity index (χ2v) is 4.04. The molecule has 2 aromatic rings. The van der Waals surface area contributed by atoms with E-state index in [9.17, 15) is 15.2 Å². The van der Waals surface area contributed by atoms with Gasteiger partial charge in [0.15, 0.2) is 5.75 Å². The van der Waals surface area contributed by atoms with Crippen LogP contribution in [-0.2, 0) is 0 Å². The molecule has 106 valence electrons. The molecule has 0 unspecified atom stereocenters. The number of allylic oxidation sites excluding steroid dienone is 1. The number of non-ortho nitro benzene ring substituents is 1. The number of nitrogens with one attached hydrogen (secondary N) is 2. The summed E-state index contributed by atoms with van der Waals surface area (Å²) in [5.74, 6) is -0.357. The van der Waals surface area contributed by atoms with Crippen LogP contribution in [0.1, 0.15) is 5.82 Å². The summed E-state index contributed by atoms with van der Waals surface area (Å²) in [6, 6.07) is 3.89. The maximum atomic E-state index is 10.7. The molecule has 2 rings (SSSR count). The van der Waals surface area contributed by atoms with E-state index in [0.29, 0.717) is 0 Å². The summed E-state index contributed by atoms with van der Waals surface area (Å²) in [6.07, 6.45) is 1.17. The van der Waals surface area contributed by atoms with Crippen LogP contribution in [-0.4, -0.2) is 30.7 Å². The number of phenols is 1. The lowest BCUT2D eigenvalue weighted by molar-refractivity contribution is -0.384. The van der Waals surface area contributed by atoms with E-state index in [-0.39, 0.29) is 33.5 Å². The Hall–Kier alpha value is -3.19. The molecule has 11 heteroatoms. The van der Waals surface area contributed by atoms with Gasteiger partial charge in [-0.15, -0.1) is 10.2 Å². The summed E-state index contributed by atoms with van der Waals surface area (Å²) in [6.45, 7) is 0. The molecule has 1 aromatic heterocycles. The monoisotopic (exact) mass is 307 g/mol. The molecule has 3 N–H and O–H groups in total. The number of rotatable bonds is 4. The molecule has 0 atom stereocenters. The van der Waals surface area contributed by atoms with E-state index in [0.717, 1.165) is 12.1 Å². The van der Waals surface area contributed by atoms with Crippen LogP contribution in [0.4, 0.5) is 11.4 Å². The molecule has 21 heavy (non-hydrogen) atoms. The standard InChI is InChI=1S/C10H6ClN7O3/c11-7-1-6(18(20)21)2-8(9(7)19)13-4-5(3-12)10-14-16-17-15-10/h1-2,4,13,19H,(H,14,15,16,17). The van der Waals surface area contributed by atoms with Crippen molar-refractivity contribution in [2.75, 3.05) is 5.32 Å². The highest BCUT2D eigenvalue weighted by Gasteiger charge is 2.15. The van der Waals surface area contributed by atoms with E-state index >= 15 is 0 Å². The second kappa shape index (κ2) is 5.85. The number of benzene rings is 1. The summed E-state index contributed by atoms with van der Waals surface area (Å²) in [5, 5.41) is 44.5. The number of hydrogen-bond donors (Lipinski definition) is 3. The summed E-state index contributed by atoms with van der Waals surface area (Å²) < 4.78 is 0. The highest BCUT2D eigenvalue weighted by molar-refractivity contribution is 6.32. The zero-order valence-corrected chi connectivity index (χ0v) is 10.9. The number of tetrazole rings is 1. The first kappa shape index (κ1) is 14.2. The number of hydrogen-bond acceptors (Lipinski definition) is 8. The van der Waals surface area contributed by atoms with Gasteiger partial charge in [-0.1, -0.05) is 11.6 Å². The topological polar surface area (TPSA) is 154 Å². The van der Waals surface area contributed by atoms with Crippen molar-refractivity contribution < 1.29 is 10.0 Å². The van der Waals surface area contributed by atoms with Gasteiger partial charge >= 0.3 is 0 Å². The Balaban J connectivity index is 2.35. The highest BCUT2D eigenvalue weighted by atomic mass is 35.5. The largest absolute Gasteiger partial charge is 0.504 e. The molecular formula is C10H6ClN7O3. The fraction of sp³-hybridized carbons (Fsp3) is 0. The average Bonchev–Trinajstić information content (AvgIpc) is 2.97. The van der Waals surface area contributed by atoms with Crippen molar-refractivity contribution >= 4 is 28.5 Å². The molecular weight excluding hydrogens is 302 g/mol. The van der Waals surface area contributed by atoms with Crippen molar-refractivity contribution in [2.45, 2.75) is 0 Å². The molecule has 0 bridgehead atoms. The fourth-order valence-electron chi connectivity index (χ4n) is 1.37. The van der Waals surface area contributed by atoms with Gasteiger partial charge in [-0.25, -0.2) is 0 Å². The first-order valence-corrected chi connectivity index (χ1v) is 5.68. The summed E-state index contributed by atoms with van der Waals surface area (Å²) in [7, 11) is 0. The van der Waals surface area contributed by atoms with Gasteiger partial charge in [0.05, 0.1) is 15.6 Å². The van der Waals surface area contributed by atoms with Crippen LogP contribution < -0.4 is 5.32 Å². The molecule has 10 nitrogen and oxygen atoms in total. The van der Waals surface area contributed by atoms with Crippen LogP contribution in [0.5, 0.6) is 5.75 Å². The third-order valence-electron chi connectivity index (χ3n) is 2.34. The van der Waals surface area contributed by atoms with Gasteiger partial charge in [0.25, 0.3) is 5.69 Å². The Labute approximate surface area is 121 Å². The fourth-order valence-corrected chi connectivity index (χ4v) is 1.59. The maximum absolute atomic E-state index is 10.7. The number of halogens is 1. The number of H-pyrrole nitrogens is 1. The van der Waals surface area contributed by atoms with Crippen molar-refractivity contribution in [2.24, 2.45) is 0 Å². The van der Waals surface area contributed by atoms with Crippen LogP contribution in [0.15, 0.2) is 18.3 Å². The van der Waals surface area contributed by atoms with Crippen LogP contribution in [0.2, 0.25) is 5.02 Å². The predicted octanol–water partition coefficient (Wildman–Crippen LogP) is 1.44. The van der Waals surface area contributed by atoms with Crippen LogP contribution in [0, 0.1) is 21.4 Å². The van der Waals surface area contributed by atoms with Crippen LogP contribution >= 0.6 is 11.6 Å². The highest BCUT2D eigenvalue weighted by Crippen LogP contribution is 2.36. The minimum atomic E-state index is -0.662. The quantitative estimate of drug-likeness (QED) is 0.332. The van der Waals surface area contributed by atoms with Crippen molar-refractivity contribution in [3.05, 3.63) is 39.3 Å². The maximum Gasteiger partial charge on any atom is 0.273 e. The Morgan fingerprint density at radius 3 is 2.95 bits per heavy atom. The van der Waals surface area contributed by atoms with Gasteiger partial charge < -0.3 is 10.4 Å². The lowest BCUT2D eigenvalue weighted by Crippen LogP contribution is -1.95. The smallest absolute Gasteiger partial charge is 0.273 e. The number of nitro benzene ring substituents is 1. The molecule has 1 aromatic carbocycles. The predicted molar refractivity (Wildman–Crippen MR) is 71.2 cm³/mol. The molecule has 0 saturated carbocycles. The number of aromatic amines is 1. The first-order valence-electron chi connectivity index (χ1n) is 5.30. The lowest BCUT2D eigenvalue weighted by atomic mass is 10.2. The van der Waals surface area contributed by atoms with Gasteiger partial charge in [-0.05, 0) is 5.21 Å². The SMILES string of the molecule is N#CC(=CNc1cc([N+](=O)[O-])cc(Cl)c1O)c1nn[nH]n1. The van der Waals surface area contributed by atoms with E-state index < -0.39 is 4.92 Å². The third-order valence-corrected chi connectivity index (χ3v) is 2.63. The second-order valence-electron chi connectivity index (χ2n) is 3.63. The molecule has 0 aliphatic heterocycles. The van der Waals surface area contributed by atoms with E-state index in [1.54, 1.807) is 0 Å². The molecule has 0 spiro atoms. The lowest BCUT2D eigenvalue weighted by Gasteiger charge is -2.06. The van der Waals surface area contributed by atoms with Gasteiger partial charge in [-0.2, -0.15) is 10.5 Å². The molecule has 0 amide bonds. The van der Waals surface area contributed by atoms with Gasteiger partial charge in [0.1, 0.15) is 11.6 Å². The Morgan fingerprint density at radius 2 is 2.38 bits per heavy atom. The number of aromatic hydroxyl groups is 1. The number of nitrogens with zero attached hydrogens (tertiary/aromatic N) is 5. The van der Waals surface area contributed by atoms with Gasteiger partial charge in [0, 0.05) is 18.3 Å². The molecule has 0 saturated heterocycles. The van der Waals surface area contributed by atoms with E-state index in [1.165, 1.54) is 6.20 Å². The van der Waals surface area contributed by atoms with Gasteiger partial charge in [-0.3, -0.25) is 10.1 Å². The Kier molecular flexibility index (Phi) is 3.96. The van der Waals surface area contributed by atoms with Crippen LogP contribution in [0.3, 0.4) is 0 Å². The van der Waals surface area contributed by atoms with Gasteiger partial charge in [0.2, 0.25) is 5.82 Å². The van der Waals surface area contributed by atoms with E-state index in [1.807, 2.05) is 6.07 Å². The summed E-state index contributed by atoms with van der Waals surface area (Å²) >= 11 is 5.69. The molecule has 1 heterocycles. The Morgan fingerprint density at radius 1 is 1.62 bits per heavy atom. The van der Waals surface area contributed by atoms with Crippen LogP contribution in [0.25, 0.3) is 5.57 Å². The summed E-state index contributed by atoms with van der Waals surface area (Å²) in [5.41, 5.74) is -0.344. The molecule has 0 fully saturated rings. The van der Waals surface area contributed by atoms with Crippen molar-refractivity contribution in [1.29, 1.82) is 5.26 Å². The van der Waals surface area contributed by atoms with Crippen molar-refractivity contribution in [3.8, 4) is 11.8 Å². The molecule has 0 radical (unpaired) electrons. The minimum Gasteiger partial charge on any atom is -0.504 e. The van der Waals surface area contributed by atoms with Crippen molar-refractivity contribution in [1.82, 2.24) is 20.6 Å². The number of anilines is 1. The number of nitro groups is 1. The molecule has 0 aliphatic rings. The zero-order valence-electron chi connectivity index (χ0n) is 10.1. The molecule has 0 aliphatic carbocycles. The summed E-state index contributed by atoms with van der Waals surface area (Å²) in [4.78, 5) is 10.1. The Bertz CT molecular complexity index is 751. The van der Waals surface area contributed by atoms with Crippen molar-refractivity contribution in [3.63, 3.8) is 0 Å². The number of nitriles is 1. The number of phenolic OH excluding ortho intramolecular Hbond substituents is 1. The normalized spacial score (nSPS) is 11.0. The average molecular weight is 308 g/mol. The minimum absolute atomic E-state index is 0.00535.